The van der Waals surface area contributed by atoms with Gasteiger partial charge in [0.15, 0.2) is 0 Å². The Labute approximate surface area is 200 Å². The van der Waals surface area contributed by atoms with Crippen LogP contribution >= 0.6 is 15.9 Å². The zero-order valence-electron chi connectivity index (χ0n) is 17.9. The summed E-state index contributed by atoms with van der Waals surface area (Å²) in [5, 5.41) is 15.7. The van der Waals surface area contributed by atoms with Gasteiger partial charge in [-0.2, -0.15) is 0 Å². The molecule has 0 aliphatic heterocycles. The Morgan fingerprint density at radius 3 is 2.55 bits per heavy atom. The van der Waals surface area contributed by atoms with E-state index in [9.17, 15) is 14.7 Å². The van der Waals surface area contributed by atoms with Crippen LogP contribution in [-0.4, -0.2) is 17.1 Å². The Balaban J connectivity index is 1.71. The second-order valence-corrected chi connectivity index (χ2v) is 8.22. The minimum Gasteiger partial charge on any atom is -0.508 e. The van der Waals surface area contributed by atoms with Gasteiger partial charge in [-0.05, 0) is 55.5 Å². The summed E-state index contributed by atoms with van der Waals surface area (Å²) >= 11 is 3.37. The number of aryl methyl sites for hydroxylation is 1. The van der Waals surface area contributed by atoms with E-state index in [1.54, 1.807) is 54.6 Å². The lowest BCUT2D eigenvalue weighted by Gasteiger charge is -2.19. The van der Waals surface area contributed by atoms with Crippen molar-refractivity contribution in [2.45, 2.75) is 19.4 Å². The van der Waals surface area contributed by atoms with Crippen LogP contribution < -0.4 is 16.4 Å². The third-order valence-electron chi connectivity index (χ3n) is 4.72. The number of hydrogen-bond donors (Lipinski definition) is 4. The van der Waals surface area contributed by atoms with Crippen molar-refractivity contribution < 1.29 is 19.4 Å². The number of carbonyl (C=O) groups is 2. The van der Waals surface area contributed by atoms with Gasteiger partial charge in [0.25, 0.3) is 0 Å². The van der Waals surface area contributed by atoms with Gasteiger partial charge < -0.3 is 20.9 Å². The fraction of sp³-hybridized carbons (Fsp3) is 0.120. The number of halogens is 1. The number of rotatable bonds is 7. The summed E-state index contributed by atoms with van der Waals surface area (Å²) in [5.74, 6) is -0.407. The second-order valence-electron chi connectivity index (χ2n) is 7.30. The number of amides is 2. The van der Waals surface area contributed by atoms with E-state index in [1.165, 1.54) is 12.1 Å². The van der Waals surface area contributed by atoms with E-state index in [4.69, 9.17) is 10.5 Å². The molecule has 3 aromatic rings. The minimum absolute atomic E-state index is 0.0266. The minimum atomic E-state index is -0.834. The van der Waals surface area contributed by atoms with E-state index in [0.717, 1.165) is 5.56 Å². The Bertz CT molecular complexity index is 1160. The fourth-order valence-electron chi connectivity index (χ4n) is 3.02. The van der Waals surface area contributed by atoms with E-state index in [1.807, 2.05) is 19.1 Å². The first-order valence-corrected chi connectivity index (χ1v) is 11.0. The highest BCUT2D eigenvalue weighted by atomic mass is 79.9. The normalized spacial score (nSPS) is 11.7. The molecule has 0 spiro atoms. The molecular formula is C25H24BrN3O4. The topological polar surface area (TPSA) is 114 Å². The molecule has 33 heavy (non-hydrogen) atoms. The van der Waals surface area contributed by atoms with Crippen molar-refractivity contribution in [1.82, 2.24) is 0 Å². The number of carbonyl (C=O) groups excluding carboxylic acids is 2. The number of ether oxygens (including phenoxy) is 1. The first kappa shape index (κ1) is 23.9. The molecule has 1 atom stereocenters. The summed E-state index contributed by atoms with van der Waals surface area (Å²) in [5.41, 5.74) is 8.84. The molecule has 7 nitrogen and oxygen atoms in total. The molecule has 0 saturated carbocycles. The molecule has 8 heteroatoms. The molecule has 0 radical (unpaired) electrons. The number of anilines is 3. The van der Waals surface area contributed by atoms with Crippen LogP contribution in [-0.2, 0) is 9.53 Å². The molecule has 0 aromatic heterocycles. The van der Waals surface area contributed by atoms with E-state index in [0.29, 0.717) is 27.1 Å². The molecule has 0 aliphatic rings. The van der Waals surface area contributed by atoms with E-state index in [-0.39, 0.29) is 18.1 Å². The molecule has 3 rings (SSSR count). The lowest BCUT2D eigenvalue weighted by atomic mass is 10.0. The molecule has 3 aromatic carbocycles. The number of nitrogens with two attached hydrogens (primary N) is 1. The molecule has 0 saturated heterocycles. The number of phenols is 1. The van der Waals surface area contributed by atoms with Gasteiger partial charge in [-0.25, -0.2) is 4.79 Å². The summed E-state index contributed by atoms with van der Waals surface area (Å²) in [6.45, 7) is 1.95. The van der Waals surface area contributed by atoms with Crippen LogP contribution in [0.2, 0.25) is 0 Å². The van der Waals surface area contributed by atoms with Crippen LogP contribution in [0.5, 0.6) is 5.75 Å². The molecule has 5 N–H and O–H groups in total. The SMILES string of the molecule is Cc1ccc(NC(=O)O[C@@H](C/C=C/C(=O)Nc2ccccc2N)c2cc(Br)ccc2O)cc1. The molecule has 0 bridgehead atoms. The van der Waals surface area contributed by atoms with Crippen molar-refractivity contribution in [2.75, 3.05) is 16.4 Å². The summed E-state index contributed by atoms with van der Waals surface area (Å²) in [6, 6.07) is 19.0. The maximum atomic E-state index is 12.5. The maximum Gasteiger partial charge on any atom is 0.412 e. The number of aromatic hydroxyl groups is 1. The zero-order valence-corrected chi connectivity index (χ0v) is 19.5. The van der Waals surface area contributed by atoms with Crippen molar-refractivity contribution in [1.29, 1.82) is 0 Å². The molecule has 0 aliphatic carbocycles. The molecule has 0 heterocycles. The number of nitrogen functional groups attached to an aromatic ring is 1. The van der Waals surface area contributed by atoms with E-state index in [2.05, 4.69) is 26.6 Å². The summed E-state index contributed by atoms with van der Waals surface area (Å²) in [7, 11) is 0. The highest BCUT2D eigenvalue weighted by molar-refractivity contribution is 9.10. The largest absolute Gasteiger partial charge is 0.508 e. The van der Waals surface area contributed by atoms with Crippen molar-refractivity contribution in [3.05, 3.63) is 94.5 Å². The summed E-state index contributed by atoms with van der Waals surface area (Å²) in [6.07, 6.45) is 1.54. The lowest BCUT2D eigenvalue weighted by molar-refractivity contribution is -0.111. The lowest BCUT2D eigenvalue weighted by Crippen LogP contribution is -2.17. The summed E-state index contributed by atoms with van der Waals surface area (Å²) < 4.78 is 6.30. The third-order valence-corrected chi connectivity index (χ3v) is 5.22. The van der Waals surface area contributed by atoms with Crippen LogP contribution in [0.4, 0.5) is 21.9 Å². The van der Waals surface area contributed by atoms with Crippen molar-refractivity contribution in [3.8, 4) is 5.75 Å². The van der Waals surface area contributed by atoms with E-state index < -0.39 is 12.2 Å². The van der Waals surface area contributed by atoms with Gasteiger partial charge in [0.2, 0.25) is 5.91 Å². The number of para-hydroxylation sites is 2. The van der Waals surface area contributed by atoms with E-state index >= 15 is 0 Å². The van der Waals surface area contributed by atoms with Crippen molar-refractivity contribution in [3.63, 3.8) is 0 Å². The van der Waals surface area contributed by atoms with Gasteiger partial charge in [0.05, 0.1) is 11.4 Å². The Morgan fingerprint density at radius 1 is 1.09 bits per heavy atom. The highest BCUT2D eigenvalue weighted by Crippen LogP contribution is 2.32. The standard InChI is InChI=1S/C25H24BrN3O4/c1-16-9-12-18(13-10-16)28-25(32)33-23(19-15-17(26)11-14-22(19)30)7-4-8-24(31)29-21-6-3-2-5-20(21)27/h2-6,8-15,23,30H,7,27H2,1H3,(H,28,32)(H,29,31)/b8-4+/t23-/m0/s1. The van der Waals surface area contributed by atoms with Crippen LogP contribution in [0.25, 0.3) is 0 Å². The molecular weight excluding hydrogens is 486 g/mol. The van der Waals surface area contributed by atoms with Crippen LogP contribution in [0.3, 0.4) is 0 Å². The average molecular weight is 510 g/mol. The molecule has 0 fully saturated rings. The van der Waals surface area contributed by atoms with Gasteiger partial charge >= 0.3 is 6.09 Å². The predicted octanol–water partition coefficient (Wildman–Crippen LogP) is 5.92. The fourth-order valence-corrected chi connectivity index (χ4v) is 3.40. The quantitative estimate of drug-likeness (QED) is 0.233. The Morgan fingerprint density at radius 2 is 1.82 bits per heavy atom. The Kier molecular flexibility index (Phi) is 8.10. The number of hydrogen-bond acceptors (Lipinski definition) is 5. The molecule has 0 unspecified atom stereocenters. The summed E-state index contributed by atoms with van der Waals surface area (Å²) in [4.78, 5) is 24.8. The maximum absolute atomic E-state index is 12.5. The first-order valence-electron chi connectivity index (χ1n) is 10.2. The highest BCUT2D eigenvalue weighted by Gasteiger charge is 2.20. The first-order chi connectivity index (χ1) is 15.8. The van der Waals surface area contributed by atoms with Gasteiger partial charge in [-0.15, -0.1) is 0 Å². The Hall–Kier alpha value is -3.78. The zero-order chi connectivity index (χ0) is 23.8. The van der Waals surface area contributed by atoms with Crippen LogP contribution in [0.1, 0.15) is 23.7 Å². The monoisotopic (exact) mass is 509 g/mol. The number of benzene rings is 3. The van der Waals surface area contributed by atoms with Crippen molar-refractivity contribution >= 4 is 45.0 Å². The van der Waals surface area contributed by atoms with Gasteiger partial charge in [-0.3, -0.25) is 10.1 Å². The van der Waals surface area contributed by atoms with Crippen LogP contribution in [0.15, 0.2) is 83.4 Å². The van der Waals surface area contributed by atoms with Gasteiger partial charge in [-0.1, -0.05) is 51.8 Å². The van der Waals surface area contributed by atoms with Crippen LogP contribution in [0, 0.1) is 6.92 Å². The third kappa shape index (κ3) is 7.11. The molecule has 170 valence electrons. The average Bonchev–Trinajstić information content (AvgIpc) is 2.78. The van der Waals surface area contributed by atoms with Gasteiger partial charge in [0.1, 0.15) is 11.9 Å². The second kappa shape index (κ2) is 11.2. The smallest absolute Gasteiger partial charge is 0.412 e. The number of phenolic OH excluding ortho intramolecular Hbond substituents is 1. The molecule has 2 amide bonds. The number of nitrogens with one attached hydrogen (secondary N) is 2. The van der Waals surface area contributed by atoms with Crippen molar-refractivity contribution in [2.24, 2.45) is 0 Å². The predicted molar refractivity (Wildman–Crippen MR) is 133 cm³/mol. The van der Waals surface area contributed by atoms with Gasteiger partial charge in [0, 0.05) is 22.1 Å².